The van der Waals surface area contributed by atoms with Crippen molar-refractivity contribution in [2.45, 2.75) is 33.4 Å². The zero-order valence-electron chi connectivity index (χ0n) is 12.9. The fourth-order valence-electron chi connectivity index (χ4n) is 2.92. The second kappa shape index (κ2) is 6.63. The molecule has 1 aromatic heterocycles. The number of benzene rings is 1. The molecule has 0 spiro atoms. The first-order chi connectivity index (χ1) is 10.2. The molecule has 3 heteroatoms. The maximum Gasteiger partial charge on any atom is 0.0440 e. The summed E-state index contributed by atoms with van der Waals surface area (Å²) in [6.07, 6.45) is 1.18. The van der Waals surface area contributed by atoms with Crippen LogP contribution in [0.25, 0.3) is 0 Å². The van der Waals surface area contributed by atoms with Gasteiger partial charge in [0.05, 0.1) is 0 Å². The first kappa shape index (κ1) is 14.6. The maximum absolute atomic E-state index is 3.57. The van der Waals surface area contributed by atoms with Gasteiger partial charge < -0.3 is 10.2 Å². The van der Waals surface area contributed by atoms with Crippen LogP contribution >= 0.6 is 11.3 Å². The van der Waals surface area contributed by atoms with Crippen molar-refractivity contribution in [1.29, 1.82) is 0 Å². The molecule has 2 nitrogen and oxygen atoms in total. The number of hydrogen-bond donors (Lipinski definition) is 1. The number of hydrogen-bond acceptors (Lipinski definition) is 3. The van der Waals surface area contributed by atoms with E-state index in [0.29, 0.717) is 5.92 Å². The minimum Gasteiger partial charge on any atom is -0.367 e. The predicted octanol–water partition coefficient (Wildman–Crippen LogP) is 4.06. The Morgan fingerprint density at radius 1 is 1.24 bits per heavy atom. The van der Waals surface area contributed by atoms with E-state index in [9.17, 15) is 0 Å². The second-order valence-electron chi connectivity index (χ2n) is 6.19. The normalized spacial score (nSPS) is 14.5. The van der Waals surface area contributed by atoms with Crippen LogP contribution < -0.4 is 10.2 Å². The van der Waals surface area contributed by atoms with Gasteiger partial charge in [0.15, 0.2) is 0 Å². The van der Waals surface area contributed by atoms with Crippen LogP contribution in [0.4, 0.5) is 5.69 Å². The minimum absolute atomic E-state index is 0.695. The Balaban J connectivity index is 1.73. The molecule has 0 amide bonds. The molecule has 0 unspecified atom stereocenters. The minimum atomic E-state index is 0.695. The molecule has 1 aliphatic heterocycles. The van der Waals surface area contributed by atoms with Crippen molar-refractivity contribution in [3.05, 3.63) is 51.7 Å². The van der Waals surface area contributed by atoms with E-state index in [1.165, 1.54) is 23.2 Å². The average Bonchev–Trinajstić information content (AvgIpc) is 2.95. The van der Waals surface area contributed by atoms with E-state index in [-0.39, 0.29) is 0 Å². The number of anilines is 1. The molecule has 3 rings (SSSR count). The standard InChI is InChI=1S/C18H24N2S/c1-14(2)11-19-12-15-5-3-4-6-17(15)20-9-7-18-16(13-20)8-10-21-18/h3-6,8,10,14,19H,7,9,11-13H2,1-2H3. The van der Waals surface area contributed by atoms with Gasteiger partial charge in [-0.1, -0.05) is 32.0 Å². The first-order valence-electron chi connectivity index (χ1n) is 7.83. The predicted molar refractivity (Wildman–Crippen MR) is 92.1 cm³/mol. The number of para-hydroxylation sites is 1. The number of fused-ring (bicyclic) bond motifs is 1. The molecule has 1 aromatic carbocycles. The van der Waals surface area contributed by atoms with Crippen LogP contribution in [0.15, 0.2) is 35.7 Å². The third-order valence-electron chi connectivity index (χ3n) is 4.01. The summed E-state index contributed by atoms with van der Waals surface area (Å²) in [6.45, 7) is 8.72. The van der Waals surface area contributed by atoms with Crippen molar-refractivity contribution < 1.29 is 0 Å². The fourth-order valence-corrected chi connectivity index (χ4v) is 3.81. The second-order valence-corrected chi connectivity index (χ2v) is 7.19. The largest absolute Gasteiger partial charge is 0.367 e. The van der Waals surface area contributed by atoms with Crippen LogP contribution in [0, 0.1) is 5.92 Å². The van der Waals surface area contributed by atoms with Crippen molar-refractivity contribution >= 4 is 17.0 Å². The maximum atomic E-state index is 3.57. The molecule has 1 aliphatic rings. The highest BCUT2D eigenvalue weighted by Gasteiger charge is 2.19. The van der Waals surface area contributed by atoms with Crippen LogP contribution in [0.3, 0.4) is 0 Å². The zero-order chi connectivity index (χ0) is 14.7. The molecule has 0 saturated carbocycles. The molecular formula is C18H24N2S. The summed E-state index contributed by atoms with van der Waals surface area (Å²) in [5, 5.41) is 5.80. The molecule has 0 bridgehead atoms. The van der Waals surface area contributed by atoms with Crippen LogP contribution in [0.5, 0.6) is 0 Å². The van der Waals surface area contributed by atoms with Gasteiger partial charge in [-0.2, -0.15) is 0 Å². The number of thiophene rings is 1. The van der Waals surface area contributed by atoms with Crippen molar-refractivity contribution in [3.63, 3.8) is 0 Å². The Kier molecular flexibility index (Phi) is 4.61. The molecule has 0 radical (unpaired) electrons. The SMILES string of the molecule is CC(C)CNCc1ccccc1N1CCc2sccc2C1. The summed E-state index contributed by atoms with van der Waals surface area (Å²) in [4.78, 5) is 4.10. The van der Waals surface area contributed by atoms with E-state index in [4.69, 9.17) is 0 Å². The summed E-state index contributed by atoms with van der Waals surface area (Å²) in [5.74, 6) is 0.695. The highest BCUT2D eigenvalue weighted by atomic mass is 32.1. The van der Waals surface area contributed by atoms with Gasteiger partial charge in [0.25, 0.3) is 0 Å². The number of nitrogens with one attached hydrogen (secondary N) is 1. The monoisotopic (exact) mass is 300 g/mol. The van der Waals surface area contributed by atoms with Crippen molar-refractivity contribution in [3.8, 4) is 0 Å². The zero-order valence-corrected chi connectivity index (χ0v) is 13.7. The van der Waals surface area contributed by atoms with Crippen molar-refractivity contribution in [2.75, 3.05) is 18.0 Å². The topological polar surface area (TPSA) is 15.3 Å². The van der Waals surface area contributed by atoms with Crippen LogP contribution in [-0.2, 0) is 19.5 Å². The fraction of sp³-hybridized carbons (Fsp3) is 0.444. The lowest BCUT2D eigenvalue weighted by molar-refractivity contribution is 0.551. The molecule has 2 aromatic rings. The van der Waals surface area contributed by atoms with Crippen LogP contribution in [-0.4, -0.2) is 13.1 Å². The first-order valence-corrected chi connectivity index (χ1v) is 8.71. The number of nitrogens with zero attached hydrogens (tertiary/aromatic N) is 1. The molecule has 21 heavy (non-hydrogen) atoms. The molecule has 112 valence electrons. The Labute approximate surface area is 131 Å². The van der Waals surface area contributed by atoms with Gasteiger partial charge in [0, 0.05) is 30.2 Å². The van der Waals surface area contributed by atoms with Gasteiger partial charge in [-0.25, -0.2) is 0 Å². The summed E-state index contributed by atoms with van der Waals surface area (Å²) < 4.78 is 0. The Morgan fingerprint density at radius 2 is 2.10 bits per heavy atom. The van der Waals surface area contributed by atoms with E-state index < -0.39 is 0 Å². The van der Waals surface area contributed by atoms with Gasteiger partial charge in [0.1, 0.15) is 0 Å². The van der Waals surface area contributed by atoms with Crippen LogP contribution in [0.2, 0.25) is 0 Å². The summed E-state index contributed by atoms with van der Waals surface area (Å²) in [5.41, 5.74) is 4.32. The quantitative estimate of drug-likeness (QED) is 0.896. The Bertz CT molecular complexity index is 588. The van der Waals surface area contributed by atoms with Crippen molar-refractivity contribution in [1.82, 2.24) is 5.32 Å². The van der Waals surface area contributed by atoms with E-state index in [1.54, 1.807) is 4.88 Å². The lowest BCUT2D eigenvalue weighted by Gasteiger charge is -2.31. The third kappa shape index (κ3) is 3.47. The lowest BCUT2D eigenvalue weighted by Crippen LogP contribution is -2.31. The Morgan fingerprint density at radius 3 is 2.95 bits per heavy atom. The van der Waals surface area contributed by atoms with Gasteiger partial charge >= 0.3 is 0 Å². The molecule has 0 saturated heterocycles. The van der Waals surface area contributed by atoms with Crippen LogP contribution in [0.1, 0.15) is 29.9 Å². The van der Waals surface area contributed by atoms with E-state index in [2.05, 4.69) is 59.8 Å². The van der Waals surface area contributed by atoms with Crippen molar-refractivity contribution in [2.24, 2.45) is 5.92 Å². The highest BCUT2D eigenvalue weighted by molar-refractivity contribution is 7.10. The molecule has 2 heterocycles. The van der Waals surface area contributed by atoms with E-state index in [0.717, 1.165) is 26.2 Å². The average molecular weight is 300 g/mol. The molecular weight excluding hydrogens is 276 g/mol. The third-order valence-corrected chi connectivity index (χ3v) is 5.03. The van der Waals surface area contributed by atoms with Gasteiger partial charge in [0.2, 0.25) is 0 Å². The van der Waals surface area contributed by atoms with Gasteiger partial charge in [-0.3, -0.25) is 0 Å². The molecule has 0 aliphatic carbocycles. The summed E-state index contributed by atoms with van der Waals surface area (Å²) in [7, 11) is 0. The smallest absolute Gasteiger partial charge is 0.0440 e. The van der Waals surface area contributed by atoms with Gasteiger partial charge in [-0.15, -0.1) is 11.3 Å². The summed E-state index contributed by atoms with van der Waals surface area (Å²) in [6, 6.07) is 11.1. The lowest BCUT2D eigenvalue weighted by atomic mass is 10.1. The molecule has 0 fully saturated rings. The summed E-state index contributed by atoms with van der Waals surface area (Å²) >= 11 is 1.90. The van der Waals surface area contributed by atoms with E-state index >= 15 is 0 Å². The highest BCUT2D eigenvalue weighted by Crippen LogP contribution is 2.29. The Hall–Kier alpha value is -1.32. The molecule has 0 atom stereocenters. The van der Waals surface area contributed by atoms with Gasteiger partial charge in [-0.05, 0) is 47.5 Å². The van der Waals surface area contributed by atoms with E-state index in [1.807, 2.05) is 11.3 Å². The number of rotatable bonds is 5. The molecule has 1 N–H and O–H groups in total.